The Kier molecular flexibility index (Phi) is 4.76. The minimum absolute atomic E-state index is 0.0647. The molecule has 4 nitrogen and oxygen atoms in total. The van der Waals surface area contributed by atoms with Crippen LogP contribution in [0.15, 0.2) is 53.0 Å². The van der Waals surface area contributed by atoms with Gasteiger partial charge in [-0.05, 0) is 23.8 Å². The van der Waals surface area contributed by atoms with Gasteiger partial charge in [-0.25, -0.2) is 0 Å². The van der Waals surface area contributed by atoms with Crippen molar-refractivity contribution >= 4 is 21.8 Å². The van der Waals surface area contributed by atoms with Crippen molar-refractivity contribution in [1.29, 1.82) is 0 Å². The standard InChI is InChI=1S/C15H15BrN2O2/c16-11-6-7-12(14(19)8-11)15(20)18-9-13(17)10-4-2-1-3-5-10/h1-8,13,19H,9,17H2,(H,18,20). The Labute approximate surface area is 125 Å². The Hall–Kier alpha value is -1.85. The summed E-state index contributed by atoms with van der Waals surface area (Å²) in [4.78, 5) is 12.0. The van der Waals surface area contributed by atoms with Crippen LogP contribution in [0.2, 0.25) is 0 Å². The molecule has 4 N–H and O–H groups in total. The SMILES string of the molecule is NC(CNC(=O)c1ccc(Br)cc1O)c1ccccc1. The van der Waals surface area contributed by atoms with Gasteiger partial charge in [0.2, 0.25) is 0 Å². The molecular formula is C15H15BrN2O2. The van der Waals surface area contributed by atoms with Crippen LogP contribution in [0.4, 0.5) is 0 Å². The fraction of sp³-hybridized carbons (Fsp3) is 0.133. The van der Waals surface area contributed by atoms with Crippen LogP contribution in [0.3, 0.4) is 0 Å². The van der Waals surface area contributed by atoms with Crippen molar-refractivity contribution in [3.8, 4) is 5.75 Å². The molecule has 0 aliphatic heterocycles. The molecule has 0 spiro atoms. The van der Waals surface area contributed by atoms with Crippen LogP contribution in [0, 0.1) is 0 Å². The third kappa shape index (κ3) is 3.59. The first-order valence-electron chi connectivity index (χ1n) is 6.15. The summed E-state index contributed by atoms with van der Waals surface area (Å²) in [6, 6.07) is 14.0. The molecule has 0 radical (unpaired) electrons. The number of phenols is 1. The van der Waals surface area contributed by atoms with Crippen molar-refractivity contribution in [3.63, 3.8) is 0 Å². The van der Waals surface area contributed by atoms with Crippen molar-refractivity contribution < 1.29 is 9.90 Å². The maximum Gasteiger partial charge on any atom is 0.255 e. The molecule has 0 aliphatic rings. The van der Waals surface area contributed by atoms with Gasteiger partial charge >= 0.3 is 0 Å². The van der Waals surface area contributed by atoms with Gasteiger partial charge in [-0.2, -0.15) is 0 Å². The van der Waals surface area contributed by atoms with E-state index in [1.165, 1.54) is 6.07 Å². The molecule has 2 aromatic rings. The lowest BCUT2D eigenvalue weighted by Gasteiger charge is -2.13. The highest BCUT2D eigenvalue weighted by atomic mass is 79.9. The maximum absolute atomic E-state index is 12.0. The van der Waals surface area contributed by atoms with E-state index in [4.69, 9.17) is 5.73 Å². The van der Waals surface area contributed by atoms with E-state index in [1.807, 2.05) is 30.3 Å². The van der Waals surface area contributed by atoms with Crippen LogP contribution in [-0.4, -0.2) is 17.6 Å². The highest BCUT2D eigenvalue weighted by Gasteiger charge is 2.13. The van der Waals surface area contributed by atoms with Crippen LogP contribution in [0.25, 0.3) is 0 Å². The Morgan fingerprint density at radius 3 is 2.60 bits per heavy atom. The first-order chi connectivity index (χ1) is 9.58. The van der Waals surface area contributed by atoms with Crippen molar-refractivity contribution in [3.05, 3.63) is 64.1 Å². The lowest BCUT2D eigenvalue weighted by Crippen LogP contribution is -2.31. The third-order valence-corrected chi connectivity index (χ3v) is 3.41. The molecule has 1 unspecified atom stereocenters. The molecule has 0 aliphatic carbocycles. The highest BCUT2D eigenvalue weighted by molar-refractivity contribution is 9.10. The van der Waals surface area contributed by atoms with E-state index in [2.05, 4.69) is 21.2 Å². The average Bonchev–Trinajstić information content (AvgIpc) is 2.45. The number of halogens is 1. The fourth-order valence-corrected chi connectivity index (χ4v) is 2.16. The summed E-state index contributed by atoms with van der Waals surface area (Å²) in [5.41, 5.74) is 7.18. The molecule has 0 bridgehead atoms. The van der Waals surface area contributed by atoms with E-state index >= 15 is 0 Å². The van der Waals surface area contributed by atoms with Crippen molar-refractivity contribution in [1.82, 2.24) is 5.32 Å². The zero-order chi connectivity index (χ0) is 14.5. The summed E-state index contributed by atoms with van der Waals surface area (Å²) < 4.78 is 0.715. The van der Waals surface area contributed by atoms with Crippen LogP contribution >= 0.6 is 15.9 Å². The fourth-order valence-electron chi connectivity index (χ4n) is 1.81. The summed E-state index contributed by atoms with van der Waals surface area (Å²) in [5.74, 6) is -0.411. The smallest absolute Gasteiger partial charge is 0.255 e. The van der Waals surface area contributed by atoms with Gasteiger partial charge in [-0.15, -0.1) is 0 Å². The van der Waals surface area contributed by atoms with Gasteiger partial charge in [0, 0.05) is 17.1 Å². The van der Waals surface area contributed by atoms with Crippen molar-refractivity contribution in [2.45, 2.75) is 6.04 Å². The monoisotopic (exact) mass is 334 g/mol. The Morgan fingerprint density at radius 2 is 1.95 bits per heavy atom. The predicted molar refractivity (Wildman–Crippen MR) is 81.5 cm³/mol. The number of benzene rings is 2. The van der Waals surface area contributed by atoms with Gasteiger partial charge in [0.1, 0.15) is 5.75 Å². The van der Waals surface area contributed by atoms with Crippen LogP contribution in [0.5, 0.6) is 5.75 Å². The zero-order valence-corrected chi connectivity index (χ0v) is 12.3. The van der Waals surface area contributed by atoms with E-state index in [0.717, 1.165) is 5.56 Å². The number of carbonyl (C=O) groups is 1. The van der Waals surface area contributed by atoms with Gasteiger partial charge in [0.05, 0.1) is 5.56 Å². The molecule has 0 aromatic heterocycles. The normalized spacial score (nSPS) is 11.9. The topological polar surface area (TPSA) is 75.3 Å². The molecule has 0 heterocycles. The summed E-state index contributed by atoms with van der Waals surface area (Å²) in [7, 11) is 0. The molecule has 20 heavy (non-hydrogen) atoms. The quantitative estimate of drug-likeness (QED) is 0.804. The molecule has 0 fully saturated rings. The number of nitrogens with two attached hydrogens (primary N) is 1. The molecule has 1 atom stereocenters. The average molecular weight is 335 g/mol. The minimum atomic E-state index is -0.346. The zero-order valence-electron chi connectivity index (χ0n) is 10.7. The van der Waals surface area contributed by atoms with E-state index < -0.39 is 0 Å². The van der Waals surface area contributed by atoms with Crippen molar-refractivity contribution in [2.24, 2.45) is 5.73 Å². The highest BCUT2D eigenvalue weighted by Crippen LogP contribution is 2.22. The summed E-state index contributed by atoms with van der Waals surface area (Å²) in [6.45, 7) is 0.304. The second-order valence-electron chi connectivity index (χ2n) is 4.39. The number of nitrogens with one attached hydrogen (secondary N) is 1. The van der Waals surface area contributed by atoms with Crippen molar-refractivity contribution in [2.75, 3.05) is 6.54 Å². The molecule has 0 saturated carbocycles. The number of hydrogen-bond donors (Lipinski definition) is 3. The minimum Gasteiger partial charge on any atom is -0.507 e. The second-order valence-corrected chi connectivity index (χ2v) is 5.30. The number of rotatable bonds is 4. The van der Waals surface area contributed by atoms with Gasteiger partial charge < -0.3 is 16.2 Å². The molecule has 0 saturated heterocycles. The van der Waals surface area contributed by atoms with Gasteiger partial charge in [-0.3, -0.25) is 4.79 Å². The molecule has 104 valence electrons. The van der Waals surface area contributed by atoms with E-state index in [1.54, 1.807) is 12.1 Å². The molecule has 2 aromatic carbocycles. The van der Waals surface area contributed by atoms with E-state index in [0.29, 0.717) is 11.0 Å². The Balaban J connectivity index is 1.99. The number of hydrogen-bond acceptors (Lipinski definition) is 3. The van der Waals surface area contributed by atoms with Gasteiger partial charge in [0.15, 0.2) is 0 Å². The number of phenolic OH excluding ortho intramolecular Hbond substituents is 1. The summed E-state index contributed by atoms with van der Waals surface area (Å²) in [5, 5.41) is 12.4. The van der Waals surface area contributed by atoms with Crippen LogP contribution in [0.1, 0.15) is 22.0 Å². The summed E-state index contributed by atoms with van der Waals surface area (Å²) >= 11 is 3.23. The third-order valence-electron chi connectivity index (χ3n) is 2.91. The Morgan fingerprint density at radius 1 is 1.25 bits per heavy atom. The number of carbonyl (C=O) groups excluding carboxylic acids is 1. The second kappa shape index (κ2) is 6.54. The molecular weight excluding hydrogens is 320 g/mol. The molecule has 5 heteroatoms. The largest absolute Gasteiger partial charge is 0.507 e. The first kappa shape index (κ1) is 14.6. The van der Waals surface area contributed by atoms with Gasteiger partial charge in [0.25, 0.3) is 5.91 Å². The van der Waals surface area contributed by atoms with Crippen LogP contribution < -0.4 is 11.1 Å². The van der Waals surface area contributed by atoms with E-state index in [-0.39, 0.29) is 23.3 Å². The van der Waals surface area contributed by atoms with Gasteiger partial charge in [-0.1, -0.05) is 46.3 Å². The number of aromatic hydroxyl groups is 1. The molecule has 2 rings (SSSR count). The predicted octanol–water partition coefficient (Wildman–Crippen LogP) is 2.58. The number of amides is 1. The summed E-state index contributed by atoms with van der Waals surface area (Å²) in [6.07, 6.45) is 0. The van der Waals surface area contributed by atoms with Crippen LogP contribution in [-0.2, 0) is 0 Å². The maximum atomic E-state index is 12.0. The first-order valence-corrected chi connectivity index (χ1v) is 6.94. The lowest BCUT2D eigenvalue weighted by molar-refractivity contribution is 0.0948. The Bertz CT molecular complexity index is 602. The lowest BCUT2D eigenvalue weighted by atomic mass is 10.1. The molecule has 1 amide bonds. The van der Waals surface area contributed by atoms with E-state index in [9.17, 15) is 9.90 Å².